The lowest BCUT2D eigenvalue weighted by Gasteiger charge is -2.25. The van der Waals surface area contributed by atoms with Crippen molar-refractivity contribution in [1.29, 1.82) is 0 Å². The summed E-state index contributed by atoms with van der Waals surface area (Å²) in [6.07, 6.45) is 25.5. The van der Waals surface area contributed by atoms with Crippen LogP contribution in [0.2, 0.25) is 0 Å². The van der Waals surface area contributed by atoms with Crippen LogP contribution in [0.5, 0.6) is 0 Å². The normalized spacial score (nSPS) is 18.7. The lowest BCUT2D eigenvalue weighted by molar-refractivity contribution is -0.152. The Kier molecular flexibility index (Phi) is 17.7. The topological polar surface area (TPSA) is 63.6 Å². The number of unbranched alkanes of at least 4 members (excludes halogenated alkanes) is 16. The molecule has 0 aromatic rings. The second-order valence-electron chi connectivity index (χ2n) is 9.72. The Hall–Kier alpha value is -1.06. The summed E-state index contributed by atoms with van der Waals surface area (Å²) < 4.78 is 5.40. The molecule has 31 heavy (non-hydrogen) atoms. The van der Waals surface area contributed by atoms with Crippen molar-refractivity contribution in [1.82, 2.24) is 0 Å². The van der Waals surface area contributed by atoms with E-state index >= 15 is 0 Å². The van der Waals surface area contributed by atoms with Crippen LogP contribution in [0.3, 0.4) is 0 Å². The maximum atomic E-state index is 12.1. The molecule has 1 fully saturated rings. The van der Waals surface area contributed by atoms with Crippen LogP contribution in [0.15, 0.2) is 0 Å². The first-order valence-electron chi connectivity index (χ1n) is 13.5. The Bertz CT molecular complexity index is 449. The minimum absolute atomic E-state index is 0.178. The van der Waals surface area contributed by atoms with Gasteiger partial charge in [-0.25, -0.2) is 0 Å². The molecule has 0 amide bonds. The fourth-order valence-corrected chi connectivity index (χ4v) is 4.75. The maximum Gasteiger partial charge on any atom is 0.308 e. The molecule has 1 rings (SSSR count). The molecule has 0 aromatic heterocycles. The monoisotopic (exact) mass is 438 g/mol. The number of aliphatic carboxylic acids is 1. The van der Waals surface area contributed by atoms with Crippen LogP contribution in [-0.2, 0) is 14.3 Å². The van der Waals surface area contributed by atoms with Gasteiger partial charge >= 0.3 is 11.9 Å². The van der Waals surface area contributed by atoms with Crippen molar-refractivity contribution < 1.29 is 19.4 Å². The molecule has 2 atom stereocenters. The van der Waals surface area contributed by atoms with Gasteiger partial charge in [-0.15, -0.1) is 0 Å². The van der Waals surface area contributed by atoms with Crippen molar-refractivity contribution in [2.24, 2.45) is 11.8 Å². The lowest BCUT2D eigenvalue weighted by Crippen LogP contribution is -2.28. The number of esters is 1. The Balaban J connectivity index is 1.80. The number of carbonyl (C=O) groups excluding carboxylic acids is 1. The van der Waals surface area contributed by atoms with Crippen LogP contribution < -0.4 is 0 Å². The average molecular weight is 439 g/mol. The standard InChI is InChI=1S/C27H50O4/c1-2-3-4-5-6-7-8-9-10-11-12-13-14-15-16-17-18-22-31-27(30)25-21-19-20-24(23-25)26(28)29/h24-25H,2-23H2,1H3,(H,28,29). The highest BCUT2D eigenvalue weighted by Crippen LogP contribution is 2.30. The van der Waals surface area contributed by atoms with E-state index in [1.165, 1.54) is 96.3 Å². The Morgan fingerprint density at radius 1 is 0.677 bits per heavy atom. The van der Waals surface area contributed by atoms with E-state index in [2.05, 4.69) is 6.92 Å². The number of carboxylic acid groups (broad SMARTS) is 1. The molecule has 0 saturated heterocycles. The van der Waals surface area contributed by atoms with E-state index in [1.54, 1.807) is 0 Å². The van der Waals surface area contributed by atoms with Crippen LogP contribution in [0.1, 0.15) is 142 Å². The van der Waals surface area contributed by atoms with Crippen molar-refractivity contribution in [3.63, 3.8) is 0 Å². The van der Waals surface area contributed by atoms with Gasteiger partial charge < -0.3 is 9.84 Å². The SMILES string of the molecule is CCCCCCCCCCCCCCCCCCCOC(=O)C1CCCC(C(=O)O)C1. The van der Waals surface area contributed by atoms with Gasteiger partial charge in [0.25, 0.3) is 0 Å². The third kappa shape index (κ3) is 15.4. The molecular formula is C27H50O4. The smallest absolute Gasteiger partial charge is 0.308 e. The molecule has 0 heterocycles. The van der Waals surface area contributed by atoms with E-state index < -0.39 is 5.97 Å². The second-order valence-corrected chi connectivity index (χ2v) is 9.72. The van der Waals surface area contributed by atoms with Gasteiger partial charge in [-0.3, -0.25) is 9.59 Å². The zero-order valence-electron chi connectivity index (χ0n) is 20.4. The van der Waals surface area contributed by atoms with Crippen molar-refractivity contribution in [2.45, 2.75) is 142 Å². The van der Waals surface area contributed by atoms with Crippen LogP contribution in [0.4, 0.5) is 0 Å². The van der Waals surface area contributed by atoms with Gasteiger partial charge in [0, 0.05) is 0 Å². The van der Waals surface area contributed by atoms with Crippen molar-refractivity contribution in [3.05, 3.63) is 0 Å². The predicted molar refractivity (Wildman–Crippen MR) is 128 cm³/mol. The van der Waals surface area contributed by atoms with E-state index in [9.17, 15) is 9.59 Å². The van der Waals surface area contributed by atoms with E-state index in [0.29, 0.717) is 19.4 Å². The lowest BCUT2D eigenvalue weighted by atomic mass is 9.81. The molecular weight excluding hydrogens is 388 g/mol. The molecule has 1 aliphatic carbocycles. The van der Waals surface area contributed by atoms with E-state index in [-0.39, 0.29) is 17.8 Å². The highest BCUT2D eigenvalue weighted by Gasteiger charge is 2.31. The maximum absolute atomic E-state index is 12.1. The fraction of sp³-hybridized carbons (Fsp3) is 0.926. The summed E-state index contributed by atoms with van der Waals surface area (Å²) in [5, 5.41) is 9.12. The molecule has 4 heteroatoms. The summed E-state index contributed by atoms with van der Waals surface area (Å²) in [6.45, 7) is 2.77. The number of carboxylic acids is 1. The number of carbonyl (C=O) groups is 2. The first-order valence-corrected chi connectivity index (χ1v) is 13.5. The number of ether oxygens (including phenoxy) is 1. The zero-order valence-corrected chi connectivity index (χ0v) is 20.4. The number of hydrogen-bond acceptors (Lipinski definition) is 3. The molecule has 2 unspecified atom stereocenters. The van der Waals surface area contributed by atoms with E-state index in [4.69, 9.17) is 9.84 Å². The zero-order chi connectivity index (χ0) is 22.6. The molecule has 0 aliphatic heterocycles. The van der Waals surface area contributed by atoms with Crippen LogP contribution >= 0.6 is 0 Å². The van der Waals surface area contributed by atoms with Gasteiger partial charge in [0.15, 0.2) is 0 Å². The summed E-state index contributed by atoms with van der Waals surface area (Å²) in [5.41, 5.74) is 0. The fourth-order valence-electron chi connectivity index (χ4n) is 4.75. The van der Waals surface area contributed by atoms with Gasteiger partial charge in [-0.05, 0) is 25.7 Å². The highest BCUT2D eigenvalue weighted by molar-refractivity contribution is 5.75. The molecule has 0 bridgehead atoms. The summed E-state index contributed by atoms with van der Waals surface area (Å²) in [7, 11) is 0. The molecule has 182 valence electrons. The van der Waals surface area contributed by atoms with Crippen LogP contribution in [0, 0.1) is 11.8 Å². The third-order valence-electron chi connectivity index (χ3n) is 6.85. The molecule has 0 aromatic carbocycles. The second kappa shape index (κ2) is 19.6. The molecule has 1 saturated carbocycles. The molecule has 1 N–H and O–H groups in total. The molecule has 0 spiro atoms. The van der Waals surface area contributed by atoms with Crippen molar-refractivity contribution in [2.75, 3.05) is 6.61 Å². The average Bonchev–Trinajstić information content (AvgIpc) is 2.78. The largest absolute Gasteiger partial charge is 0.481 e. The predicted octanol–water partition coefficient (Wildman–Crippen LogP) is 8.07. The van der Waals surface area contributed by atoms with Crippen molar-refractivity contribution in [3.8, 4) is 0 Å². The van der Waals surface area contributed by atoms with Gasteiger partial charge in [0.2, 0.25) is 0 Å². The van der Waals surface area contributed by atoms with E-state index in [1.807, 2.05) is 0 Å². The highest BCUT2D eigenvalue weighted by atomic mass is 16.5. The summed E-state index contributed by atoms with van der Waals surface area (Å²) in [4.78, 5) is 23.2. The van der Waals surface area contributed by atoms with Crippen LogP contribution in [0.25, 0.3) is 0 Å². The minimum Gasteiger partial charge on any atom is -0.481 e. The quantitative estimate of drug-likeness (QED) is 0.154. The minimum atomic E-state index is -0.773. The molecule has 1 aliphatic rings. The van der Waals surface area contributed by atoms with Crippen molar-refractivity contribution >= 4 is 11.9 Å². The first-order chi connectivity index (χ1) is 15.1. The van der Waals surface area contributed by atoms with Gasteiger partial charge in [0.05, 0.1) is 18.4 Å². The number of hydrogen-bond donors (Lipinski definition) is 1. The Morgan fingerprint density at radius 3 is 1.55 bits per heavy atom. The molecule has 0 radical (unpaired) electrons. The van der Waals surface area contributed by atoms with Gasteiger partial charge in [-0.2, -0.15) is 0 Å². The van der Waals surface area contributed by atoms with Gasteiger partial charge in [-0.1, -0.05) is 116 Å². The van der Waals surface area contributed by atoms with E-state index in [0.717, 1.165) is 25.7 Å². The first kappa shape index (κ1) is 28.0. The summed E-state index contributed by atoms with van der Waals surface area (Å²) in [6, 6.07) is 0. The summed E-state index contributed by atoms with van der Waals surface area (Å²) in [5.74, 6) is -1.53. The Morgan fingerprint density at radius 2 is 1.10 bits per heavy atom. The summed E-state index contributed by atoms with van der Waals surface area (Å²) >= 11 is 0. The third-order valence-corrected chi connectivity index (χ3v) is 6.85. The molecule has 4 nitrogen and oxygen atoms in total. The number of rotatable bonds is 20. The van der Waals surface area contributed by atoms with Gasteiger partial charge in [0.1, 0.15) is 0 Å². The van der Waals surface area contributed by atoms with Crippen LogP contribution in [-0.4, -0.2) is 23.7 Å². The Labute approximate surface area is 191 Å².